The molecule has 1 aromatic carbocycles. The van der Waals surface area contributed by atoms with Crippen molar-refractivity contribution in [2.45, 2.75) is 31.1 Å². The van der Waals surface area contributed by atoms with Gasteiger partial charge in [-0.2, -0.15) is 0 Å². The van der Waals surface area contributed by atoms with Crippen molar-refractivity contribution in [2.75, 3.05) is 18.5 Å². The molecule has 0 bridgehead atoms. The van der Waals surface area contributed by atoms with Crippen molar-refractivity contribution in [3.8, 4) is 5.75 Å². The predicted octanol–water partition coefficient (Wildman–Crippen LogP) is 1.00. The summed E-state index contributed by atoms with van der Waals surface area (Å²) in [5, 5.41) is 20.2. The topological polar surface area (TPSA) is 98.5 Å². The van der Waals surface area contributed by atoms with Crippen LogP contribution in [0.1, 0.15) is 29.4 Å². The van der Waals surface area contributed by atoms with E-state index in [0.29, 0.717) is 18.9 Å². The Bertz CT molecular complexity index is 726. The summed E-state index contributed by atoms with van der Waals surface area (Å²) in [7, 11) is 0. The van der Waals surface area contributed by atoms with Crippen molar-refractivity contribution in [1.29, 1.82) is 0 Å². The number of benzene rings is 1. The van der Waals surface area contributed by atoms with Gasteiger partial charge in [0.25, 0.3) is 5.91 Å². The Balaban J connectivity index is 1.36. The molecule has 1 aliphatic heterocycles. The molecule has 8 heteroatoms. The Labute approximate surface area is 138 Å². The van der Waals surface area contributed by atoms with Crippen molar-refractivity contribution in [1.82, 2.24) is 15.0 Å². The second-order valence-electron chi connectivity index (χ2n) is 6.05. The largest absolute Gasteiger partial charge is 0.486 e. The van der Waals surface area contributed by atoms with Crippen molar-refractivity contribution in [3.05, 3.63) is 36.2 Å². The molecule has 2 aliphatic rings. The molecule has 4 rings (SSSR count). The number of carbonyl (C=O) groups is 1. The highest BCUT2D eigenvalue weighted by molar-refractivity contribution is 6.02. The first-order valence-electron chi connectivity index (χ1n) is 7.95. The average molecular weight is 330 g/mol. The van der Waals surface area contributed by atoms with E-state index in [1.54, 1.807) is 35.1 Å². The highest BCUT2D eigenvalue weighted by Gasteiger charge is 2.31. The minimum atomic E-state index is -0.406. The van der Waals surface area contributed by atoms with Gasteiger partial charge in [-0.3, -0.25) is 4.79 Å². The van der Waals surface area contributed by atoms with E-state index in [0.717, 1.165) is 18.6 Å². The maximum Gasteiger partial charge on any atom is 0.277 e. The van der Waals surface area contributed by atoms with Crippen LogP contribution >= 0.6 is 0 Å². The summed E-state index contributed by atoms with van der Waals surface area (Å²) in [5.41, 5.74) is 0.872. The molecule has 0 radical (unpaired) electrons. The number of amides is 1. The first kappa shape index (κ1) is 15.1. The van der Waals surface area contributed by atoms with Crippen LogP contribution in [-0.2, 0) is 4.74 Å². The molecule has 2 fully saturated rings. The minimum Gasteiger partial charge on any atom is -0.486 e. The summed E-state index contributed by atoms with van der Waals surface area (Å²) in [4.78, 5) is 12.2. The van der Waals surface area contributed by atoms with E-state index in [9.17, 15) is 9.90 Å². The number of anilines is 1. The highest BCUT2D eigenvalue weighted by Crippen LogP contribution is 2.31. The van der Waals surface area contributed by atoms with E-state index in [2.05, 4.69) is 15.6 Å². The summed E-state index contributed by atoms with van der Waals surface area (Å²) in [5.74, 6) is 0.405. The normalized spacial score (nSPS) is 23.2. The summed E-state index contributed by atoms with van der Waals surface area (Å²) >= 11 is 0. The molecule has 2 heterocycles. The molecule has 126 valence electrons. The molecule has 1 saturated heterocycles. The molecule has 1 aromatic heterocycles. The number of carbonyl (C=O) groups excluding carboxylic acids is 1. The number of aliphatic hydroxyl groups excluding tert-OH is 1. The van der Waals surface area contributed by atoms with Crippen molar-refractivity contribution < 1.29 is 19.4 Å². The second kappa shape index (κ2) is 6.21. The first-order chi connectivity index (χ1) is 11.7. The zero-order chi connectivity index (χ0) is 16.5. The quantitative estimate of drug-likeness (QED) is 0.849. The lowest BCUT2D eigenvalue weighted by Crippen LogP contribution is -2.38. The van der Waals surface area contributed by atoms with Crippen LogP contribution in [-0.4, -0.2) is 51.4 Å². The Morgan fingerprint density at radius 2 is 2.08 bits per heavy atom. The molecule has 8 nitrogen and oxygen atoms in total. The third-order valence-corrected chi connectivity index (χ3v) is 4.31. The molecule has 1 aliphatic carbocycles. The fraction of sp³-hybridized carbons (Fsp3) is 0.438. The van der Waals surface area contributed by atoms with Crippen LogP contribution in [0.2, 0.25) is 0 Å². The molecule has 1 saturated carbocycles. The number of nitrogens with one attached hydrogen (secondary N) is 1. The first-order valence-corrected chi connectivity index (χ1v) is 7.95. The molecular weight excluding hydrogens is 312 g/mol. The molecule has 0 unspecified atom stereocenters. The summed E-state index contributed by atoms with van der Waals surface area (Å²) in [6.45, 7) is 1.23. The van der Waals surface area contributed by atoms with Gasteiger partial charge in [0.15, 0.2) is 5.69 Å². The zero-order valence-electron chi connectivity index (χ0n) is 13.0. The van der Waals surface area contributed by atoms with Crippen molar-refractivity contribution in [3.63, 3.8) is 0 Å². The molecule has 2 N–H and O–H groups in total. The smallest absolute Gasteiger partial charge is 0.277 e. The maximum atomic E-state index is 12.2. The summed E-state index contributed by atoms with van der Waals surface area (Å²) < 4.78 is 12.3. The van der Waals surface area contributed by atoms with E-state index in [1.165, 1.54) is 0 Å². The van der Waals surface area contributed by atoms with Gasteiger partial charge in [-0.25, -0.2) is 4.68 Å². The third-order valence-electron chi connectivity index (χ3n) is 4.31. The number of aliphatic hydroxyl groups is 1. The van der Waals surface area contributed by atoms with Crippen molar-refractivity contribution in [2.24, 2.45) is 0 Å². The second-order valence-corrected chi connectivity index (χ2v) is 6.05. The number of aromatic nitrogens is 3. The number of hydrogen-bond donors (Lipinski definition) is 2. The van der Waals surface area contributed by atoms with Gasteiger partial charge in [-0.1, -0.05) is 5.21 Å². The van der Waals surface area contributed by atoms with E-state index >= 15 is 0 Å². The fourth-order valence-electron chi connectivity index (χ4n) is 2.60. The van der Waals surface area contributed by atoms with E-state index < -0.39 is 6.10 Å². The molecule has 1 amide bonds. The number of hydrogen-bond acceptors (Lipinski definition) is 6. The molecular formula is C16H18N4O4. The van der Waals surface area contributed by atoms with Crippen LogP contribution in [0.15, 0.2) is 30.5 Å². The monoisotopic (exact) mass is 330 g/mol. The lowest BCUT2D eigenvalue weighted by atomic mass is 9.89. The molecule has 0 spiro atoms. The molecule has 24 heavy (non-hydrogen) atoms. The van der Waals surface area contributed by atoms with Gasteiger partial charge >= 0.3 is 0 Å². The van der Waals surface area contributed by atoms with Gasteiger partial charge in [0.1, 0.15) is 11.9 Å². The van der Waals surface area contributed by atoms with Crippen LogP contribution in [0.3, 0.4) is 0 Å². The Kier molecular flexibility index (Phi) is 3.91. The Hall–Kier alpha value is -2.45. The maximum absolute atomic E-state index is 12.2. The van der Waals surface area contributed by atoms with Gasteiger partial charge in [-0.15, -0.1) is 5.10 Å². The fourth-order valence-corrected chi connectivity index (χ4v) is 2.60. The third kappa shape index (κ3) is 2.98. The Morgan fingerprint density at radius 3 is 2.67 bits per heavy atom. The summed E-state index contributed by atoms with van der Waals surface area (Å²) in [6.07, 6.45) is 2.88. The van der Waals surface area contributed by atoms with Crippen LogP contribution in [0.5, 0.6) is 5.75 Å². The van der Waals surface area contributed by atoms with E-state index in [4.69, 9.17) is 9.47 Å². The van der Waals surface area contributed by atoms with E-state index in [1.807, 2.05) is 0 Å². The Morgan fingerprint density at radius 1 is 1.29 bits per heavy atom. The zero-order valence-corrected chi connectivity index (χ0v) is 13.0. The minimum absolute atomic E-state index is 0.0778. The van der Waals surface area contributed by atoms with E-state index in [-0.39, 0.29) is 23.7 Å². The van der Waals surface area contributed by atoms with Crippen LogP contribution < -0.4 is 10.1 Å². The van der Waals surface area contributed by atoms with Gasteiger partial charge in [0.05, 0.1) is 31.6 Å². The average Bonchev–Trinajstić information content (AvgIpc) is 3.00. The number of nitrogens with zero attached hydrogens (tertiary/aromatic N) is 3. The number of ether oxygens (including phenoxy) is 2. The lowest BCUT2D eigenvalue weighted by molar-refractivity contribution is -0.0796. The number of rotatable bonds is 5. The standard InChI is InChI=1S/C16H18N4O4/c21-15-6-5-14(15)20-7-13(18-19-20)16(22)17-10-1-3-11(4-2-10)24-12-8-23-9-12/h1-4,7,12,14-15,21H,5-6,8-9H2,(H,17,22)/t14-,15-/m1/s1. The summed E-state index contributed by atoms with van der Waals surface area (Å²) in [6, 6.07) is 7.07. The van der Waals surface area contributed by atoms with Gasteiger partial charge < -0.3 is 19.9 Å². The molecule has 2 atom stereocenters. The predicted molar refractivity (Wildman–Crippen MR) is 83.9 cm³/mol. The van der Waals surface area contributed by atoms with Crippen LogP contribution in [0.4, 0.5) is 5.69 Å². The molecule has 2 aromatic rings. The van der Waals surface area contributed by atoms with Crippen LogP contribution in [0, 0.1) is 0 Å². The van der Waals surface area contributed by atoms with Gasteiger partial charge in [0.2, 0.25) is 0 Å². The van der Waals surface area contributed by atoms with Crippen molar-refractivity contribution >= 4 is 11.6 Å². The lowest BCUT2D eigenvalue weighted by Gasteiger charge is -2.31. The van der Waals surface area contributed by atoms with Gasteiger partial charge in [-0.05, 0) is 37.1 Å². The van der Waals surface area contributed by atoms with Crippen LogP contribution in [0.25, 0.3) is 0 Å². The highest BCUT2D eigenvalue weighted by atomic mass is 16.6. The SMILES string of the molecule is O=C(Nc1ccc(OC2COC2)cc1)c1cn([C@@H]2CC[C@H]2O)nn1. The van der Waals surface area contributed by atoms with Gasteiger partial charge in [0, 0.05) is 5.69 Å².